The molecule has 2 saturated carbocycles. The number of nitrogens with two attached hydrogens (primary N) is 1. The van der Waals surface area contributed by atoms with Crippen LogP contribution in [-0.4, -0.2) is 30.6 Å². The Morgan fingerprint density at radius 1 is 1.47 bits per heavy atom. The Bertz CT molecular complexity index is 403. The molecule has 3 N–H and O–H groups in total. The highest BCUT2D eigenvalue weighted by Crippen LogP contribution is 2.62. The molecular weight excluding hydrogens is 220 g/mol. The van der Waals surface area contributed by atoms with Gasteiger partial charge in [-0.15, -0.1) is 0 Å². The molecule has 2 fully saturated rings. The Morgan fingerprint density at radius 2 is 2.12 bits per heavy atom. The number of hydrogen-bond donors (Lipinski definition) is 2. The number of nitrogens with one attached hydrogen (secondary N) is 1. The van der Waals surface area contributed by atoms with Crippen molar-refractivity contribution in [1.29, 1.82) is 0 Å². The summed E-state index contributed by atoms with van der Waals surface area (Å²) in [6, 6.07) is 0. The van der Waals surface area contributed by atoms with Crippen LogP contribution in [0.3, 0.4) is 0 Å². The van der Waals surface area contributed by atoms with Crippen LogP contribution in [0.5, 0.6) is 0 Å². The van der Waals surface area contributed by atoms with Crippen molar-refractivity contribution in [2.45, 2.75) is 26.7 Å². The first-order valence-corrected chi connectivity index (χ1v) is 5.96. The van der Waals surface area contributed by atoms with Gasteiger partial charge in [0.05, 0.1) is 0 Å². The zero-order chi connectivity index (χ0) is 12.8. The van der Waals surface area contributed by atoms with Gasteiger partial charge in [-0.3, -0.25) is 14.4 Å². The van der Waals surface area contributed by atoms with E-state index in [-0.39, 0.29) is 17.6 Å². The standard InChI is InChI=1S/C12H18N2O3/c1-11(2)7-3-4-12(11,9(16)8(7)15)10(17)14-6-5-13/h7H,3-6,13H2,1-2H3,(H,14,17)/t7-,12-/m1/s1. The maximum Gasteiger partial charge on any atom is 0.234 e. The fourth-order valence-corrected chi connectivity index (χ4v) is 3.42. The molecule has 2 atom stereocenters. The van der Waals surface area contributed by atoms with Gasteiger partial charge in [0.15, 0.2) is 0 Å². The number of rotatable bonds is 3. The molecule has 2 rings (SSSR count). The smallest absolute Gasteiger partial charge is 0.234 e. The Morgan fingerprint density at radius 3 is 2.59 bits per heavy atom. The Balaban J connectivity index is 2.38. The number of hydrogen-bond acceptors (Lipinski definition) is 4. The molecule has 0 aliphatic heterocycles. The highest BCUT2D eigenvalue weighted by Gasteiger charge is 2.72. The van der Waals surface area contributed by atoms with Crippen LogP contribution in [0.2, 0.25) is 0 Å². The minimum Gasteiger partial charge on any atom is -0.354 e. The van der Waals surface area contributed by atoms with E-state index in [1.165, 1.54) is 0 Å². The Kier molecular flexibility index (Phi) is 2.61. The largest absolute Gasteiger partial charge is 0.354 e. The van der Waals surface area contributed by atoms with Crippen molar-refractivity contribution in [3.8, 4) is 0 Å². The van der Waals surface area contributed by atoms with Gasteiger partial charge in [0.2, 0.25) is 17.5 Å². The third kappa shape index (κ3) is 1.26. The lowest BCUT2D eigenvalue weighted by molar-refractivity contribution is -0.149. The molecule has 0 heterocycles. The number of amides is 1. The zero-order valence-electron chi connectivity index (χ0n) is 10.2. The van der Waals surface area contributed by atoms with Gasteiger partial charge < -0.3 is 11.1 Å². The lowest BCUT2D eigenvalue weighted by Crippen LogP contribution is -2.51. The van der Waals surface area contributed by atoms with Gasteiger partial charge in [0, 0.05) is 19.0 Å². The first-order valence-electron chi connectivity index (χ1n) is 5.96. The molecule has 0 spiro atoms. The third-order valence-corrected chi connectivity index (χ3v) is 4.52. The SMILES string of the molecule is CC1(C)[C@@H]2CC[C@]1(C(=O)NCCN)C(=O)C2=O. The van der Waals surface area contributed by atoms with Gasteiger partial charge in [-0.1, -0.05) is 13.8 Å². The minimum absolute atomic E-state index is 0.293. The average molecular weight is 238 g/mol. The van der Waals surface area contributed by atoms with Crippen molar-refractivity contribution in [1.82, 2.24) is 5.32 Å². The molecule has 0 unspecified atom stereocenters. The van der Waals surface area contributed by atoms with Crippen molar-refractivity contribution in [2.24, 2.45) is 22.5 Å². The molecule has 2 aliphatic rings. The summed E-state index contributed by atoms with van der Waals surface area (Å²) in [7, 11) is 0. The summed E-state index contributed by atoms with van der Waals surface area (Å²) in [4.78, 5) is 36.1. The van der Waals surface area contributed by atoms with Crippen LogP contribution >= 0.6 is 0 Å². The molecule has 2 aliphatic carbocycles. The van der Waals surface area contributed by atoms with Crippen LogP contribution in [0.15, 0.2) is 0 Å². The third-order valence-electron chi connectivity index (χ3n) is 4.52. The Hall–Kier alpha value is -1.23. The summed E-state index contributed by atoms with van der Waals surface area (Å²) in [6.45, 7) is 4.35. The van der Waals surface area contributed by atoms with Gasteiger partial charge >= 0.3 is 0 Å². The quantitative estimate of drug-likeness (QED) is 0.519. The highest BCUT2D eigenvalue weighted by molar-refractivity contribution is 6.47. The highest BCUT2D eigenvalue weighted by atomic mass is 16.2. The first kappa shape index (κ1) is 12.2. The van der Waals surface area contributed by atoms with Crippen molar-refractivity contribution in [2.75, 3.05) is 13.1 Å². The number of fused-ring (bicyclic) bond motifs is 2. The summed E-state index contributed by atoms with van der Waals surface area (Å²) in [5.74, 6) is -1.50. The fraction of sp³-hybridized carbons (Fsp3) is 0.750. The summed E-state index contributed by atoms with van der Waals surface area (Å²) in [5, 5.41) is 2.66. The van der Waals surface area contributed by atoms with Crippen LogP contribution < -0.4 is 11.1 Å². The van der Waals surface area contributed by atoms with E-state index in [9.17, 15) is 14.4 Å². The summed E-state index contributed by atoms with van der Waals surface area (Å²) in [5.41, 5.74) is 3.61. The molecule has 1 amide bonds. The van der Waals surface area contributed by atoms with Crippen molar-refractivity contribution >= 4 is 17.5 Å². The van der Waals surface area contributed by atoms with E-state index in [4.69, 9.17) is 5.73 Å². The second-order valence-electron chi connectivity index (χ2n) is 5.46. The van der Waals surface area contributed by atoms with Gasteiger partial charge in [-0.25, -0.2) is 0 Å². The van der Waals surface area contributed by atoms with Crippen molar-refractivity contribution < 1.29 is 14.4 Å². The molecule has 0 aromatic heterocycles. The van der Waals surface area contributed by atoms with Gasteiger partial charge in [0.25, 0.3) is 0 Å². The minimum atomic E-state index is -1.15. The zero-order valence-corrected chi connectivity index (χ0v) is 10.2. The van der Waals surface area contributed by atoms with Crippen LogP contribution in [-0.2, 0) is 14.4 Å². The van der Waals surface area contributed by atoms with E-state index in [0.717, 1.165) is 0 Å². The van der Waals surface area contributed by atoms with Crippen molar-refractivity contribution in [3.05, 3.63) is 0 Å². The molecule has 17 heavy (non-hydrogen) atoms. The topological polar surface area (TPSA) is 89.3 Å². The van der Waals surface area contributed by atoms with E-state index >= 15 is 0 Å². The van der Waals surface area contributed by atoms with E-state index in [2.05, 4.69) is 5.32 Å². The molecule has 94 valence electrons. The number of carbonyl (C=O) groups is 3. The lowest BCUT2D eigenvalue weighted by atomic mass is 9.68. The number of ketones is 2. The van der Waals surface area contributed by atoms with Crippen LogP contribution in [0, 0.1) is 16.7 Å². The van der Waals surface area contributed by atoms with Crippen molar-refractivity contribution in [3.63, 3.8) is 0 Å². The van der Waals surface area contributed by atoms with Gasteiger partial charge in [0.1, 0.15) is 5.41 Å². The van der Waals surface area contributed by atoms with Crippen LogP contribution in [0.4, 0.5) is 0 Å². The van der Waals surface area contributed by atoms with Gasteiger partial charge in [-0.05, 0) is 18.3 Å². The molecule has 5 nitrogen and oxygen atoms in total. The molecule has 0 aromatic carbocycles. The van der Waals surface area contributed by atoms with E-state index in [1.807, 2.05) is 13.8 Å². The van der Waals surface area contributed by atoms with E-state index in [1.54, 1.807) is 0 Å². The van der Waals surface area contributed by atoms with Gasteiger partial charge in [-0.2, -0.15) is 0 Å². The lowest BCUT2D eigenvalue weighted by Gasteiger charge is -2.33. The maximum absolute atomic E-state index is 12.2. The fourth-order valence-electron chi connectivity index (χ4n) is 3.42. The van der Waals surface area contributed by atoms with E-state index < -0.39 is 16.6 Å². The molecular formula is C12H18N2O3. The molecule has 0 saturated heterocycles. The number of carbonyl (C=O) groups excluding carboxylic acids is 3. The first-order chi connectivity index (χ1) is 7.89. The normalized spacial score (nSPS) is 34.2. The predicted octanol–water partition coefficient (Wildman–Crippen LogP) is -0.364. The average Bonchev–Trinajstić information content (AvgIpc) is 2.62. The van der Waals surface area contributed by atoms with Crippen LogP contribution in [0.1, 0.15) is 26.7 Å². The second kappa shape index (κ2) is 3.63. The van der Waals surface area contributed by atoms with Crippen LogP contribution in [0.25, 0.3) is 0 Å². The molecule has 0 radical (unpaired) electrons. The molecule has 5 heteroatoms. The Labute approximate surface area is 100 Å². The summed E-state index contributed by atoms with van der Waals surface area (Å²) >= 11 is 0. The summed E-state index contributed by atoms with van der Waals surface area (Å²) < 4.78 is 0. The maximum atomic E-state index is 12.2. The monoisotopic (exact) mass is 238 g/mol. The summed E-state index contributed by atoms with van der Waals surface area (Å²) in [6.07, 6.45) is 1.11. The predicted molar refractivity (Wildman–Crippen MR) is 61.0 cm³/mol. The second-order valence-corrected chi connectivity index (χ2v) is 5.46. The molecule has 0 aromatic rings. The van der Waals surface area contributed by atoms with E-state index in [0.29, 0.717) is 25.9 Å². The molecule has 2 bridgehead atoms. The number of Topliss-reactive ketones (excluding diaryl/α,β-unsaturated/α-hetero) is 2.